The van der Waals surface area contributed by atoms with E-state index in [2.05, 4.69) is 10.6 Å². The molecule has 0 aliphatic heterocycles. The van der Waals surface area contributed by atoms with Crippen LogP contribution in [0, 0.1) is 11.3 Å². The molecule has 0 spiro atoms. The molecule has 0 heterocycles. The van der Waals surface area contributed by atoms with E-state index in [-0.39, 0.29) is 24.3 Å². The molecular formula is C15H17N3O4. The predicted molar refractivity (Wildman–Crippen MR) is 79.1 cm³/mol. The Hall–Kier alpha value is -2.88. The van der Waals surface area contributed by atoms with Crippen LogP contribution in [0.2, 0.25) is 0 Å². The highest BCUT2D eigenvalue weighted by Crippen LogP contribution is 2.15. The zero-order valence-corrected chi connectivity index (χ0v) is 12.1. The molecular weight excluding hydrogens is 286 g/mol. The van der Waals surface area contributed by atoms with Gasteiger partial charge in [0.25, 0.3) is 5.91 Å². The molecule has 0 radical (unpaired) electrons. The fourth-order valence-corrected chi connectivity index (χ4v) is 1.86. The average Bonchev–Trinajstić information content (AvgIpc) is 2.46. The molecule has 7 heteroatoms. The molecule has 3 N–H and O–H groups in total. The second-order valence-electron chi connectivity index (χ2n) is 4.64. The van der Waals surface area contributed by atoms with Gasteiger partial charge in [-0.15, -0.1) is 0 Å². The Bertz CT molecular complexity index is 607. The monoisotopic (exact) mass is 303 g/mol. The second-order valence-corrected chi connectivity index (χ2v) is 4.64. The molecule has 1 atom stereocenters. The number of nitrogens with zero attached hydrogens (tertiary/aromatic N) is 1. The van der Waals surface area contributed by atoms with Crippen molar-refractivity contribution in [3.63, 3.8) is 0 Å². The van der Waals surface area contributed by atoms with E-state index >= 15 is 0 Å². The third-order valence-electron chi connectivity index (χ3n) is 2.87. The van der Waals surface area contributed by atoms with E-state index in [1.165, 1.54) is 13.0 Å². The molecule has 7 nitrogen and oxygen atoms in total. The number of benzene rings is 1. The molecule has 1 rings (SSSR count). The van der Waals surface area contributed by atoms with Crippen molar-refractivity contribution >= 4 is 23.5 Å². The Morgan fingerprint density at radius 3 is 2.59 bits per heavy atom. The van der Waals surface area contributed by atoms with Crippen molar-refractivity contribution in [3.8, 4) is 6.07 Å². The van der Waals surface area contributed by atoms with Gasteiger partial charge in [-0.25, -0.2) is 4.79 Å². The lowest BCUT2D eigenvalue weighted by atomic mass is 10.1. The Morgan fingerprint density at radius 1 is 1.32 bits per heavy atom. The summed E-state index contributed by atoms with van der Waals surface area (Å²) in [4.78, 5) is 34.5. The fourth-order valence-electron chi connectivity index (χ4n) is 1.86. The highest BCUT2D eigenvalue weighted by molar-refractivity contribution is 6.04. The summed E-state index contributed by atoms with van der Waals surface area (Å²) in [6.07, 6.45) is 0.764. The number of nitrogens with one attached hydrogen (secondary N) is 2. The summed E-state index contributed by atoms with van der Waals surface area (Å²) in [5, 5.41) is 22.5. The normalized spacial score (nSPS) is 11.1. The zero-order chi connectivity index (χ0) is 16.5. The second kappa shape index (κ2) is 8.42. The molecule has 0 saturated heterocycles. The van der Waals surface area contributed by atoms with Gasteiger partial charge in [0.1, 0.15) is 6.04 Å². The minimum Gasteiger partial charge on any atom is -0.480 e. The molecule has 116 valence electrons. The van der Waals surface area contributed by atoms with Crippen molar-refractivity contribution in [3.05, 3.63) is 29.8 Å². The molecule has 0 aliphatic carbocycles. The van der Waals surface area contributed by atoms with Gasteiger partial charge in [-0.05, 0) is 25.0 Å². The van der Waals surface area contributed by atoms with Crippen LogP contribution in [-0.2, 0) is 9.59 Å². The number of nitriles is 1. The molecule has 0 aliphatic rings. The number of hydrogen-bond donors (Lipinski definition) is 3. The largest absolute Gasteiger partial charge is 0.480 e. The number of unbranched alkanes of at least 4 members (excludes halogenated alkanes) is 1. The smallest absolute Gasteiger partial charge is 0.326 e. The van der Waals surface area contributed by atoms with Crippen LogP contribution in [0.3, 0.4) is 0 Å². The molecule has 1 aromatic rings. The number of carbonyl (C=O) groups is 3. The van der Waals surface area contributed by atoms with Gasteiger partial charge >= 0.3 is 5.97 Å². The van der Waals surface area contributed by atoms with Gasteiger partial charge in [0.05, 0.1) is 17.3 Å². The number of para-hydroxylation sites is 1. The number of carboxylic acid groups (broad SMARTS) is 1. The Balaban J connectivity index is 2.84. The molecule has 0 fully saturated rings. The van der Waals surface area contributed by atoms with E-state index < -0.39 is 17.9 Å². The van der Waals surface area contributed by atoms with Crippen LogP contribution in [0.5, 0.6) is 0 Å². The average molecular weight is 303 g/mol. The van der Waals surface area contributed by atoms with Crippen LogP contribution in [0.4, 0.5) is 5.69 Å². The first-order valence-corrected chi connectivity index (χ1v) is 6.73. The topological polar surface area (TPSA) is 119 Å². The van der Waals surface area contributed by atoms with E-state index in [0.29, 0.717) is 12.1 Å². The van der Waals surface area contributed by atoms with Crippen molar-refractivity contribution in [2.24, 2.45) is 0 Å². The lowest BCUT2D eigenvalue weighted by Crippen LogP contribution is -2.41. The van der Waals surface area contributed by atoms with E-state index in [1.54, 1.807) is 18.2 Å². The number of carbonyl (C=O) groups excluding carboxylic acids is 2. The first kappa shape index (κ1) is 17.2. The summed E-state index contributed by atoms with van der Waals surface area (Å²) in [5.74, 6) is -2.08. The van der Waals surface area contributed by atoms with Crippen molar-refractivity contribution in [1.82, 2.24) is 5.32 Å². The minimum absolute atomic E-state index is 0.164. The molecule has 0 unspecified atom stereocenters. The van der Waals surface area contributed by atoms with Crippen LogP contribution < -0.4 is 10.6 Å². The number of amides is 2. The van der Waals surface area contributed by atoms with Crippen molar-refractivity contribution < 1.29 is 19.5 Å². The maximum atomic E-state index is 12.2. The number of hydrogen-bond acceptors (Lipinski definition) is 4. The Kier molecular flexibility index (Phi) is 6.57. The third kappa shape index (κ3) is 5.25. The minimum atomic E-state index is -1.16. The summed E-state index contributed by atoms with van der Waals surface area (Å²) in [6.45, 7) is 1.32. The van der Waals surface area contributed by atoms with Gasteiger partial charge in [0, 0.05) is 13.3 Å². The van der Waals surface area contributed by atoms with E-state index in [4.69, 9.17) is 10.4 Å². The summed E-state index contributed by atoms with van der Waals surface area (Å²) in [5.41, 5.74) is 0.498. The van der Waals surface area contributed by atoms with E-state index in [0.717, 1.165) is 0 Å². The van der Waals surface area contributed by atoms with Crippen LogP contribution in [-0.4, -0.2) is 28.9 Å². The van der Waals surface area contributed by atoms with Gasteiger partial charge in [-0.2, -0.15) is 5.26 Å². The van der Waals surface area contributed by atoms with Gasteiger partial charge < -0.3 is 15.7 Å². The first-order chi connectivity index (χ1) is 10.5. The fraction of sp³-hybridized carbons (Fsp3) is 0.333. The molecule has 0 aromatic heterocycles. The lowest BCUT2D eigenvalue weighted by molar-refractivity contribution is -0.139. The van der Waals surface area contributed by atoms with Gasteiger partial charge in [0.15, 0.2) is 0 Å². The number of aliphatic carboxylic acids is 1. The first-order valence-electron chi connectivity index (χ1n) is 6.73. The summed E-state index contributed by atoms with van der Waals surface area (Å²) >= 11 is 0. The molecule has 0 saturated carbocycles. The van der Waals surface area contributed by atoms with Crippen LogP contribution in [0.1, 0.15) is 36.5 Å². The Morgan fingerprint density at radius 2 is 2.00 bits per heavy atom. The highest BCUT2D eigenvalue weighted by atomic mass is 16.4. The maximum absolute atomic E-state index is 12.2. The highest BCUT2D eigenvalue weighted by Gasteiger charge is 2.21. The van der Waals surface area contributed by atoms with Gasteiger partial charge in [0.2, 0.25) is 5.91 Å². The molecule has 22 heavy (non-hydrogen) atoms. The maximum Gasteiger partial charge on any atom is 0.326 e. The number of anilines is 1. The Labute approximate surface area is 127 Å². The standard InChI is InChI=1S/C15H17N3O4/c1-10(19)17-12-7-3-2-6-11(12)14(20)18-13(15(21)22)8-4-5-9-16/h2-3,6-7,13H,4-5,8H2,1H3,(H,17,19)(H,18,20)(H,21,22)/t13-/m0/s1. The predicted octanol–water partition coefficient (Wildman–Crippen LogP) is 1.52. The van der Waals surface area contributed by atoms with Crippen molar-refractivity contribution in [2.45, 2.75) is 32.2 Å². The van der Waals surface area contributed by atoms with Gasteiger partial charge in [-0.3, -0.25) is 9.59 Å². The molecule has 0 bridgehead atoms. The summed E-state index contributed by atoms with van der Waals surface area (Å²) in [7, 11) is 0. The van der Waals surface area contributed by atoms with Crippen LogP contribution >= 0.6 is 0 Å². The van der Waals surface area contributed by atoms with E-state index in [1.807, 2.05) is 6.07 Å². The summed E-state index contributed by atoms with van der Waals surface area (Å²) < 4.78 is 0. The van der Waals surface area contributed by atoms with Crippen molar-refractivity contribution in [1.29, 1.82) is 5.26 Å². The SMILES string of the molecule is CC(=O)Nc1ccccc1C(=O)N[C@@H](CCCC#N)C(=O)O. The van der Waals surface area contributed by atoms with Gasteiger partial charge in [-0.1, -0.05) is 12.1 Å². The van der Waals surface area contributed by atoms with Crippen LogP contribution in [0.15, 0.2) is 24.3 Å². The van der Waals surface area contributed by atoms with E-state index in [9.17, 15) is 14.4 Å². The zero-order valence-electron chi connectivity index (χ0n) is 12.1. The lowest BCUT2D eigenvalue weighted by Gasteiger charge is -2.15. The molecule has 1 aromatic carbocycles. The quantitative estimate of drug-likeness (QED) is 0.660. The number of carboxylic acids is 1. The van der Waals surface area contributed by atoms with Crippen molar-refractivity contribution in [2.75, 3.05) is 5.32 Å². The summed E-state index contributed by atoms with van der Waals surface area (Å²) in [6, 6.07) is 7.17. The molecule has 2 amide bonds. The third-order valence-corrected chi connectivity index (χ3v) is 2.87. The van der Waals surface area contributed by atoms with Crippen LogP contribution in [0.25, 0.3) is 0 Å². The number of rotatable bonds is 7.